The number of aliphatic hydroxyl groups is 2. The van der Waals surface area contributed by atoms with Gasteiger partial charge in [-0.2, -0.15) is 26.3 Å². The number of hydrogen-bond acceptors (Lipinski definition) is 2. The Morgan fingerprint density at radius 2 is 1.30 bits per heavy atom. The lowest BCUT2D eigenvalue weighted by Gasteiger charge is -2.40. The van der Waals surface area contributed by atoms with Crippen LogP contribution in [-0.2, 0) is 0 Å². The van der Waals surface area contributed by atoms with E-state index in [1.54, 1.807) is 6.92 Å². The van der Waals surface area contributed by atoms with Crippen molar-refractivity contribution in [1.82, 2.24) is 0 Å². The van der Waals surface area contributed by atoms with Crippen LogP contribution in [0.4, 0.5) is 26.3 Å². The molecule has 0 aromatic heterocycles. The van der Waals surface area contributed by atoms with E-state index < -0.39 is 29.5 Å². The van der Waals surface area contributed by atoms with Crippen molar-refractivity contribution in [3.05, 3.63) is 0 Å². The zero-order valence-electron chi connectivity index (χ0n) is 18.3. The highest BCUT2D eigenvalue weighted by Gasteiger charge is 2.56. The van der Waals surface area contributed by atoms with Gasteiger partial charge in [-0.3, -0.25) is 0 Å². The van der Waals surface area contributed by atoms with Crippen LogP contribution in [0.2, 0.25) is 0 Å². The topological polar surface area (TPSA) is 40.5 Å². The summed E-state index contributed by atoms with van der Waals surface area (Å²) in [7, 11) is 0. The molecule has 6 unspecified atom stereocenters. The Labute approximate surface area is 175 Å². The van der Waals surface area contributed by atoms with Crippen LogP contribution in [0.25, 0.3) is 0 Å². The maximum atomic E-state index is 12.6. The molecule has 3 rings (SSSR count). The van der Waals surface area contributed by atoms with Gasteiger partial charge in [-0.05, 0) is 81.5 Å². The number of hydrogen-bond donors (Lipinski definition) is 2. The molecule has 0 aliphatic heterocycles. The molecule has 8 atom stereocenters. The third-order valence-electron chi connectivity index (χ3n) is 8.03. The summed E-state index contributed by atoms with van der Waals surface area (Å²) < 4.78 is 75.3. The van der Waals surface area contributed by atoms with Crippen LogP contribution in [0.15, 0.2) is 0 Å². The van der Waals surface area contributed by atoms with E-state index in [9.17, 15) is 36.6 Å². The van der Waals surface area contributed by atoms with Gasteiger partial charge in [0.15, 0.2) is 11.2 Å². The van der Waals surface area contributed by atoms with Gasteiger partial charge in [0.05, 0.1) is 0 Å². The Kier molecular flexibility index (Phi) is 7.55. The van der Waals surface area contributed by atoms with E-state index in [4.69, 9.17) is 0 Å². The van der Waals surface area contributed by atoms with Crippen molar-refractivity contribution in [1.29, 1.82) is 0 Å². The fourth-order valence-electron chi connectivity index (χ4n) is 5.92. The molecule has 0 aromatic carbocycles. The van der Waals surface area contributed by atoms with Crippen molar-refractivity contribution in [2.24, 2.45) is 35.5 Å². The maximum Gasteiger partial charge on any atom is 0.417 e. The third kappa shape index (κ3) is 5.45. The van der Waals surface area contributed by atoms with E-state index in [2.05, 4.69) is 6.92 Å². The lowest BCUT2D eigenvalue weighted by atomic mass is 9.71. The van der Waals surface area contributed by atoms with Gasteiger partial charge in [0.2, 0.25) is 0 Å². The summed E-state index contributed by atoms with van der Waals surface area (Å²) in [5, 5.41) is 19.0. The molecule has 0 radical (unpaired) electrons. The fraction of sp³-hybridized carbons (Fsp3) is 1.00. The van der Waals surface area contributed by atoms with E-state index in [-0.39, 0.29) is 18.3 Å². The highest BCUT2D eigenvalue weighted by Crippen LogP contribution is 2.54. The molecule has 0 heterocycles. The number of rotatable bonds is 3. The van der Waals surface area contributed by atoms with E-state index in [0.29, 0.717) is 24.2 Å². The Morgan fingerprint density at radius 3 is 1.70 bits per heavy atom. The van der Waals surface area contributed by atoms with Crippen LogP contribution in [0.5, 0.6) is 0 Å². The summed E-state index contributed by atoms with van der Waals surface area (Å²) in [5.74, 6) is 1.05. The molecule has 3 saturated carbocycles. The first kappa shape index (κ1) is 25.8. The highest BCUT2D eigenvalue weighted by atomic mass is 19.4. The highest BCUT2D eigenvalue weighted by molar-refractivity contribution is 4.97. The van der Waals surface area contributed by atoms with Crippen LogP contribution >= 0.6 is 0 Å². The number of fused-ring (bicyclic) bond motifs is 2. The first-order valence-electron chi connectivity index (χ1n) is 11.1. The summed E-state index contributed by atoms with van der Waals surface area (Å²) in [6.45, 7) is 5.79. The molecule has 2 bridgehead atoms. The second kappa shape index (κ2) is 8.80. The summed E-state index contributed by atoms with van der Waals surface area (Å²) in [6, 6.07) is 0. The Balaban J connectivity index is 0.000000216. The summed E-state index contributed by atoms with van der Waals surface area (Å²) in [4.78, 5) is 0. The van der Waals surface area contributed by atoms with Gasteiger partial charge in [0.25, 0.3) is 0 Å². The van der Waals surface area contributed by atoms with Crippen LogP contribution in [0.3, 0.4) is 0 Å². The molecule has 3 aliphatic rings. The Morgan fingerprint density at radius 1 is 0.733 bits per heavy atom. The maximum absolute atomic E-state index is 12.6. The van der Waals surface area contributed by atoms with Crippen molar-refractivity contribution >= 4 is 0 Å². The standard InChI is InChI=1S/C12H19F3O.C10H17F3O/c1-7-3-9-4-8(7)5-10(9)6-11(2,16)12(13,14)15;1-7-5-3-4-6-8(7)9(2,14)10(11,12)13/h7-10,16H,3-6H2,1-2H3;7-8,14H,3-6H2,1-2H3/t7-,8?,9?,10?,11?;7-,8?,9?/m10/s1. The molecule has 0 saturated heterocycles. The Bertz CT molecular complexity index is 567. The molecular formula is C22H36F6O2. The number of halogens is 6. The summed E-state index contributed by atoms with van der Waals surface area (Å²) in [5.41, 5.74) is -5.03. The lowest BCUT2D eigenvalue weighted by Crippen LogP contribution is -2.51. The molecule has 2 N–H and O–H groups in total. The zero-order valence-corrected chi connectivity index (χ0v) is 18.3. The van der Waals surface area contributed by atoms with Crippen molar-refractivity contribution < 1.29 is 36.6 Å². The average molecular weight is 447 g/mol. The molecule has 0 amide bonds. The van der Waals surface area contributed by atoms with E-state index >= 15 is 0 Å². The fourth-order valence-corrected chi connectivity index (χ4v) is 5.92. The normalized spacial score (nSPS) is 38.4. The largest absolute Gasteiger partial charge is 0.417 e. The zero-order chi connectivity index (χ0) is 23.1. The first-order valence-corrected chi connectivity index (χ1v) is 11.1. The molecule has 3 aliphatic carbocycles. The van der Waals surface area contributed by atoms with Gasteiger partial charge in [-0.25, -0.2) is 0 Å². The van der Waals surface area contributed by atoms with Crippen molar-refractivity contribution in [2.45, 2.75) is 103 Å². The van der Waals surface area contributed by atoms with Gasteiger partial charge in [0, 0.05) is 0 Å². The van der Waals surface area contributed by atoms with Crippen LogP contribution in [-0.4, -0.2) is 33.8 Å². The van der Waals surface area contributed by atoms with Gasteiger partial charge >= 0.3 is 12.4 Å². The molecular weight excluding hydrogens is 410 g/mol. The van der Waals surface area contributed by atoms with Gasteiger partial charge in [0.1, 0.15) is 0 Å². The smallest absolute Gasteiger partial charge is 0.381 e. The SMILES string of the molecule is C[C@@H]1CC2CC1CC2CC(C)(O)C(F)(F)F.C[C@H]1CCCCC1C(C)(O)C(F)(F)F. The van der Waals surface area contributed by atoms with Crippen molar-refractivity contribution in [3.8, 4) is 0 Å². The monoisotopic (exact) mass is 446 g/mol. The quantitative estimate of drug-likeness (QED) is 0.486. The number of alkyl halides is 6. The summed E-state index contributed by atoms with van der Waals surface area (Å²) >= 11 is 0. The van der Waals surface area contributed by atoms with Crippen LogP contribution < -0.4 is 0 Å². The van der Waals surface area contributed by atoms with E-state index in [1.807, 2.05) is 0 Å². The molecule has 8 heteroatoms. The Hall–Kier alpha value is -0.500. The molecule has 30 heavy (non-hydrogen) atoms. The minimum Gasteiger partial charge on any atom is -0.381 e. The average Bonchev–Trinajstić information content (AvgIpc) is 3.12. The molecule has 3 fully saturated rings. The molecule has 0 aromatic rings. The van der Waals surface area contributed by atoms with Gasteiger partial charge < -0.3 is 10.2 Å². The van der Waals surface area contributed by atoms with Crippen LogP contribution in [0.1, 0.15) is 79.1 Å². The van der Waals surface area contributed by atoms with E-state index in [1.165, 1.54) is 0 Å². The lowest BCUT2D eigenvalue weighted by molar-refractivity contribution is -0.280. The molecule has 178 valence electrons. The van der Waals surface area contributed by atoms with Crippen LogP contribution in [0, 0.1) is 35.5 Å². The van der Waals surface area contributed by atoms with Crippen molar-refractivity contribution in [3.63, 3.8) is 0 Å². The minimum absolute atomic E-state index is 0.0413. The second-order valence-electron chi connectivity index (χ2n) is 10.5. The molecule has 2 nitrogen and oxygen atoms in total. The predicted octanol–water partition coefficient (Wildman–Crippen LogP) is 6.50. The summed E-state index contributed by atoms with van der Waals surface area (Å²) in [6.07, 6.45) is -3.10. The predicted molar refractivity (Wildman–Crippen MR) is 103 cm³/mol. The van der Waals surface area contributed by atoms with Gasteiger partial charge in [-0.15, -0.1) is 0 Å². The first-order chi connectivity index (χ1) is 13.5. The van der Waals surface area contributed by atoms with Crippen molar-refractivity contribution in [2.75, 3.05) is 0 Å². The second-order valence-corrected chi connectivity index (χ2v) is 10.5. The third-order valence-corrected chi connectivity index (χ3v) is 8.03. The molecule has 0 spiro atoms. The van der Waals surface area contributed by atoms with E-state index in [0.717, 1.165) is 52.4 Å². The minimum atomic E-state index is -4.51. The van der Waals surface area contributed by atoms with Gasteiger partial charge in [-0.1, -0.05) is 33.1 Å².